The SMILES string of the molecule is O=C(NCCc1c[nH]c2ccccc12)c1ccc(N2CCCC2=O)cc1. The number of rotatable bonds is 5. The predicted octanol–water partition coefficient (Wildman–Crippen LogP) is 3.27. The summed E-state index contributed by atoms with van der Waals surface area (Å²) in [5, 5.41) is 4.16. The summed E-state index contributed by atoms with van der Waals surface area (Å²) in [5.74, 6) is 0.0603. The van der Waals surface area contributed by atoms with Crippen LogP contribution in [0.1, 0.15) is 28.8 Å². The normalized spacial score (nSPS) is 14.2. The Bertz CT molecular complexity index is 943. The van der Waals surface area contributed by atoms with Gasteiger partial charge in [0.15, 0.2) is 0 Å². The van der Waals surface area contributed by atoms with Gasteiger partial charge in [0, 0.05) is 47.9 Å². The largest absolute Gasteiger partial charge is 0.361 e. The first-order valence-electron chi connectivity index (χ1n) is 8.96. The summed E-state index contributed by atoms with van der Waals surface area (Å²) >= 11 is 0. The molecular weight excluding hydrogens is 326 g/mol. The number of carbonyl (C=O) groups is 2. The summed E-state index contributed by atoms with van der Waals surface area (Å²) in [6, 6.07) is 15.4. The molecule has 5 heteroatoms. The number of benzene rings is 2. The molecule has 2 N–H and O–H groups in total. The fourth-order valence-corrected chi connectivity index (χ4v) is 3.47. The van der Waals surface area contributed by atoms with Crippen LogP contribution in [0.5, 0.6) is 0 Å². The molecule has 26 heavy (non-hydrogen) atoms. The first-order chi connectivity index (χ1) is 12.7. The third-order valence-electron chi connectivity index (χ3n) is 4.87. The summed E-state index contributed by atoms with van der Waals surface area (Å²) < 4.78 is 0. The van der Waals surface area contributed by atoms with Crippen molar-refractivity contribution in [3.05, 3.63) is 65.9 Å². The summed E-state index contributed by atoms with van der Waals surface area (Å²) in [4.78, 5) is 29.1. The van der Waals surface area contributed by atoms with Crippen molar-refractivity contribution >= 4 is 28.4 Å². The third-order valence-corrected chi connectivity index (χ3v) is 4.87. The van der Waals surface area contributed by atoms with Gasteiger partial charge in [0.2, 0.25) is 5.91 Å². The highest BCUT2D eigenvalue weighted by molar-refractivity contribution is 5.97. The van der Waals surface area contributed by atoms with Crippen molar-refractivity contribution in [1.82, 2.24) is 10.3 Å². The van der Waals surface area contributed by atoms with Gasteiger partial charge in [0.1, 0.15) is 0 Å². The number of anilines is 1. The second kappa shape index (κ2) is 7.04. The van der Waals surface area contributed by atoms with Crippen molar-refractivity contribution < 1.29 is 9.59 Å². The summed E-state index contributed by atoms with van der Waals surface area (Å²) in [6.45, 7) is 1.34. The van der Waals surface area contributed by atoms with Crippen molar-refractivity contribution in [3.63, 3.8) is 0 Å². The van der Waals surface area contributed by atoms with E-state index in [9.17, 15) is 9.59 Å². The molecule has 2 heterocycles. The van der Waals surface area contributed by atoms with Crippen LogP contribution in [-0.2, 0) is 11.2 Å². The Morgan fingerprint density at radius 3 is 2.69 bits per heavy atom. The van der Waals surface area contributed by atoms with Crippen molar-refractivity contribution in [1.29, 1.82) is 0 Å². The second-order valence-electron chi connectivity index (χ2n) is 6.56. The van der Waals surface area contributed by atoms with Gasteiger partial charge >= 0.3 is 0 Å². The smallest absolute Gasteiger partial charge is 0.251 e. The minimum absolute atomic E-state index is 0.0934. The maximum absolute atomic E-state index is 12.3. The Kier molecular flexibility index (Phi) is 4.44. The van der Waals surface area contributed by atoms with Gasteiger partial charge in [-0.1, -0.05) is 18.2 Å². The highest BCUT2D eigenvalue weighted by atomic mass is 16.2. The van der Waals surface area contributed by atoms with E-state index in [-0.39, 0.29) is 11.8 Å². The van der Waals surface area contributed by atoms with Gasteiger partial charge in [-0.3, -0.25) is 9.59 Å². The zero-order chi connectivity index (χ0) is 17.9. The Morgan fingerprint density at radius 1 is 1.12 bits per heavy atom. The Hall–Kier alpha value is -3.08. The van der Waals surface area contributed by atoms with E-state index in [0.29, 0.717) is 18.5 Å². The molecule has 0 spiro atoms. The molecule has 1 saturated heterocycles. The molecule has 132 valence electrons. The topological polar surface area (TPSA) is 65.2 Å². The molecule has 0 bridgehead atoms. The monoisotopic (exact) mass is 347 g/mol. The van der Waals surface area contributed by atoms with E-state index in [2.05, 4.69) is 16.4 Å². The molecule has 4 rings (SSSR count). The van der Waals surface area contributed by atoms with Crippen LogP contribution in [0.4, 0.5) is 5.69 Å². The molecule has 0 unspecified atom stereocenters. The Labute approximate surface area is 152 Å². The van der Waals surface area contributed by atoms with Crippen LogP contribution >= 0.6 is 0 Å². The van der Waals surface area contributed by atoms with Crippen molar-refractivity contribution in [3.8, 4) is 0 Å². The van der Waals surface area contributed by atoms with Crippen LogP contribution in [0.3, 0.4) is 0 Å². The van der Waals surface area contributed by atoms with E-state index in [1.165, 1.54) is 10.9 Å². The lowest BCUT2D eigenvalue weighted by atomic mass is 10.1. The number of nitrogens with zero attached hydrogens (tertiary/aromatic N) is 1. The number of nitrogens with one attached hydrogen (secondary N) is 2. The van der Waals surface area contributed by atoms with Gasteiger partial charge in [-0.25, -0.2) is 0 Å². The van der Waals surface area contributed by atoms with E-state index in [0.717, 1.165) is 30.6 Å². The number of H-pyrrole nitrogens is 1. The molecule has 0 aliphatic carbocycles. The maximum atomic E-state index is 12.3. The van der Waals surface area contributed by atoms with Gasteiger partial charge < -0.3 is 15.2 Å². The van der Waals surface area contributed by atoms with Gasteiger partial charge in [0.05, 0.1) is 0 Å². The molecule has 1 aliphatic rings. The van der Waals surface area contributed by atoms with E-state index in [4.69, 9.17) is 0 Å². The molecule has 0 atom stereocenters. The molecular formula is C21H21N3O2. The first kappa shape index (κ1) is 16.4. The van der Waals surface area contributed by atoms with Crippen LogP contribution in [0, 0.1) is 0 Å². The minimum atomic E-state index is -0.0934. The van der Waals surface area contributed by atoms with Crippen LogP contribution in [0.15, 0.2) is 54.7 Å². The van der Waals surface area contributed by atoms with E-state index < -0.39 is 0 Å². The highest BCUT2D eigenvalue weighted by Gasteiger charge is 2.21. The molecule has 2 amide bonds. The second-order valence-corrected chi connectivity index (χ2v) is 6.56. The average Bonchev–Trinajstić information content (AvgIpc) is 3.28. The maximum Gasteiger partial charge on any atom is 0.251 e. The molecule has 3 aromatic rings. The van der Waals surface area contributed by atoms with Crippen molar-refractivity contribution in [2.24, 2.45) is 0 Å². The molecule has 1 aliphatic heterocycles. The van der Waals surface area contributed by atoms with Gasteiger partial charge in [-0.2, -0.15) is 0 Å². The number of para-hydroxylation sites is 1. The number of amides is 2. The Morgan fingerprint density at radius 2 is 1.92 bits per heavy atom. The van der Waals surface area contributed by atoms with Crippen LogP contribution < -0.4 is 10.2 Å². The number of aromatic nitrogens is 1. The Balaban J connectivity index is 1.35. The summed E-state index contributed by atoms with van der Waals surface area (Å²) in [7, 11) is 0. The number of carbonyl (C=O) groups excluding carboxylic acids is 2. The molecule has 1 aromatic heterocycles. The number of fused-ring (bicyclic) bond motifs is 1. The molecule has 0 radical (unpaired) electrons. The lowest BCUT2D eigenvalue weighted by Gasteiger charge is -2.15. The highest BCUT2D eigenvalue weighted by Crippen LogP contribution is 2.21. The number of hydrogen-bond acceptors (Lipinski definition) is 2. The minimum Gasteiger partial charge on any atom is -0.361 e. The first-order valence-corrected chi connectivity index (χ1v) is 8.96. The van der Waals surface area contributed by atoms with Gasteiger partial charge in [-0.15, -0.1) is 0 Å². The molecule has 1 fully saturated rings. The lowest BCUT2D eigenvalue weighted by Crippen LogP contribution is -2.26. The van der Waals surface area contributed by atoms with Crippen LogP contribution in [0.2, 0.25) is 0 Å². The van der Waals surface area contributed by atoms with Crippen molar-refractivity contribution in [2.45, 2.75) is 19.3 Å². The van der Waals surface area contributed by atoms with Gasteiger partial charge in [-0.05, 0) is 48.7 Å². The van der Waals surface area contributed by atoms with E-state index in [1.807, 2.05) is 36.5 Å². The molecule has 2 aromatic carbocycles. The number of aromatic amines is 1. The third kappa shape index (κ3) is 3.20. The van der Waals surface area contributed by atoms with E-state index >= 15 is 0 Å². The van der Waals surface area contributed by atoms with Crippen LogP contribution in [0.25, 0.3) is 10.9 Å². The predicted molar refractivity (Wildman–Crippen MR) is 102 cm³/mol. The lowest BCUT2D eigenvalue weighted by molar-refractivity contribution is -0.117. The molecule has 0 saturated carbocycles. The fraction of sp³-hybridized carbons (Fsp3) is 0.238. The quantitative estimate of drug-likeness (QED) is 0.744. The zero-order valence-electron chi connectivity index (χ0n) is 14.5. The summed E-state index contributed by atoms with van der Waals surface area (Å²) in [5.41, 5.74) is 3.78. The van der Waals surface area contributed by atoms with E-state index in [1.54, 1.807) is 17.0 Å². The van der Waals surface area contributed by atoms with Crippen molar-refractivity contribution in [2.75, 3.05) is 18.0 Å². The van der Waals surface area contributed by atoms with Gasteiger partial charge in [0.25, 0.3) is 5.91 Å². The summed E-state index contributed by atoms with van der Waals surface area (Å²) in [6.07, 6.45) is 4.28. The molecule has 5 nitrogen and oxygen atoms in total. The standard InChI is InChI=1S/C21H21N3O2/c25-20-6-3-13-24(20)17-9-7-15(8-10-17)21(26)22-12-11-16-14-23-19-5-2-1-4-18(16)19/h1-2,4-5,7-10,14,23H,3,6,11-13H2,(H,22,26). The number of hydrogen-bond donors (Lipinski definition) is 2. The fourth-order valence-electron chi connectivity index (χ4n) is 3.47. The zero-order valence-corrected chi connectivity index (χ0v) is 14.5. The van der Waals surface area contributed by atoms with Crippen LogP contribution in [-0.4, -0.2) is 29.9 Å². The average molecular weight is 347 g/mol.